The number of rotatable bonds is 2. The summed E-state index contributed by atoms with van der Waals surface area (Å²) in [5.41, 5.74) is 6.68. The molecule has 2 heterocycles. The normalized spacial score (nSPS) is 20.5. The number of hydrogen-bond acceptors (Lipinski definition) is 2. The number of allylic oxidation sites excluding steroid dienone is 4. The molecule has 0 saturated carbocycles. The molecule has 0 N–H and O–H groups in total. The second-order valence-corrected chi connectivity index (χ2v) is 8.22. The molecule has 1 aromatic rings. The van der Waals surface area contributed by atoms with Gasteiger partial charge in [0.25, 0.3) is 0 Å². The van der Waals surface area contributed by atoms with Gasteiger partial charge in [0.05, 0.1) is 0 Å². The molecule has 0 aliphatic carbocycles. The van der Waals surface area contributed by atoms with Crippen molar-refractivity contribution in [3.8, 4) is 0 Å². The molecule has 1 fully saturated rings. The molecule has 0 aromatic heterocycles. The van der Waals surface area contributed by atoms with Gasteiger partial charge in [-0.15, -0.1) is 30.1 Å². The van der Waals surface area contributed by atoms with Gasteiger partial charge in [-0.1, -0.05) is 66.7 Å². The molecule has 3 heteroatoms. The summed E-state index contributed by atoms with van der Waals surface area (Å²) < 4.78 is 0.155. The van der Waals surface area contributed by atoms with Crippen LogP contribution in [-0.4, -0.2) is 17.7 Å². The van der Waals surface area contributed by atoms with Crippen LogP contribution in [0.3, 0.4) is 0 Å². The lowest BCUT2D eigenvalue weighted by Crippen LogP contribution is -2.31. The summed E-state index contributed by atoms with van der Waals surface area (Å²) in [5, 5.41) is 4.59. The predicted molar refractivity (Wildman–Crippen MR) is 112 cm³/mol. The standard InChI is InChI=1S/C18H19BS2.C2H6/c1-13-16(11-20-4)15-10-18(2,3)21-12-17(15)19(13)14-8-6-5-7-9-14;1-2/h5-12H,1H2,2-4H3;1-2H3/b16-11+;. The van der Waals surface area contributed by atoms with Crippen molar-refractivity contribution >= 4 is 35.7 Å². The molecule has 0 nitrogen and oxygen atoms in total. The molecule has 0 atom stereocenters. The second-order valence-electron chi connectivity index (χ2n) is 5.99. The van der Waals surface area contributed by atoms with Gasteiger partial charge in [0.2, 0.25) is 6.71 Å². The Bertz CT molecular complexity index is 666. The van der Waals surface area contributed by atoms with Gasteiger partial charge in [-0.25, -0.2) is 0 Å². The minimum atomic E-state index is 0.155. The Morgan fingerprint density at radius 1 is 1.17 bits per heavy atom. The van der Waals surface area contributed by atoms with Gasteiger partial charge in [-0.05, 0) is 42.1 Å². The molecule has 120 valence electrons. The quantitative estimate of drug-likeness (QED) is 0.639. The monoisotopic (exact) mass is 340 g/mol. The van der Waals surface area contributed by atoms with E-state index in [9.17, 15) is 0 Å². The third-order valence-corrected chi connectivity index (χ3v) is 5.53. The van der Waals surface area contributed by atoms with Crippen molar-refractivity contribution in [2.45, 2.75) is 32.4 Å². The number of fused-ring (bicyclic) bond motifs is 1. The van der Waals surface area contributed by atoms with Gasteiger partial charge in [0, 0.05) is 4.75 Å². The van der Waals surface area contributed by atoms with Crippen molar-refractivity contribution in [3.63, 3.8) is 0 Å². The van der Waals surface area contributed by atoms with E-state index in [1.54, 1.807) is 11.8 Å². The van der Waals surface area contributed by atoms with Gasteiger partial charge >= 0.3 is 0 Å². The van der Waals surface area contributed by atoms with E-state index < -0.39 is 0 Å². The van der Waals surface area contributed by atoms with E-state index in [4.69, 9.17) is 0 Å². The van der Waals surface area contributed by atoms with E-state index in [0.29, 0.717) is 6.71 Å². The van der Waals surface area contributed by atoms with Crippen LogP contribution < -0.4 is 5.46 Å². The first-order valence-corrected chi connectivity index (χ1v) is 10.3. The molecule has 3 rings (SSSR count). The molecule has 1 aromatic carbocycles. The Hall–Kier alpha value is -1.06. The van der Waals surface area contributed by atoms with Crippen LogP contribution in [0.2, 0.25) is 0 Å². The molecule has 0 spiro atoms. The minimum absolute atomic E-state index is 0.155. The maximum atomic E-state index is 4.41. The highest BCUT2D eigenvalue weighted by Crippen LogP contribution is 2.47. The lowest BCUT2D eigenvalue weighted by molar-refractivity contribution is 0.894. The summed E-state index contributed by atoms with van der Waals surface area (Å²) in [6.45, 7) is 13.3. The van der Waals surface area contributed by atoms with E-state index in [1.165, 1.54) is 27.6 Å². The van der Waals surface area contributed by atoms with Crippen molar-refractivity contribution in [1.82, 2.24) is 0 Å². The molecule has 0 radical (unpaired) electrons. The van der Waals surface area contributed by atoms with Gasteiger partial charge in [-0.3, -0.25) is 0 Å². The van der Waals surface area contributed by atoms with Gasteiger partial charge in [0.15, 0.2) is 0 Å². The summed E-state index contributed by atoms with van der Waals surface area (Å²) in [7, 11) is 0. The molecular formula is C20H25BS2. The highest BCUT2D eigenvalue weighted by atomic mass is 32.2. The summed E-state index contributed by atoms with van der Waals surface area (Å²) in [6, 6.07) is 10.7. The van der Waals surface area contributed by atoms with Crippen LogP contribution in [0.15, 0.2) is 75.9 Å². The fourth-order valence-electron chi connectivity index (χ4n) is 3.00. The SMILES string of the molecule is C=C1B(c2ccccc2)C2=CSC(C)(C)C=C2/C1=C/SC.CC. The molecule has 0 unspecified atom stereocenters. The lowest BCUT2D eigenvalue weighted by Gasteiger charge is -2.25. The fraction of sp³-hybridized carbons (Fsp3) is 0.300. The molecule has 2 aliphatic heterocycles. The smallest absolute Gasteiger partial charge is 0.137 e. The van der Waals surface area contributed by atoms with E-state index >= 15 is 0 Å². The maximum absolute atomic E-state index is 4.41. The Morgan fingerprint density at radius 3 is 2.43 bits per heavy atom. The van der Waals surface area contributed by atoms with E-state index in [-0.39, 0.29) is 4.75 Å². The zero-order valence-corrected chi connectivity index (χ0v) is 16.4. The van der Waals surface area contributed by atoms with E-state index in [1.807, 2.05) is 25.6 Å². The summed E-state index contributed by atoms with van der Waals surface area (Å²) in [4.78, 5) is 0. The average Bonchev–Trinajstić information content (AvgIpc) is 2.81. The molecule has 2 aliphatic rings. The average molecular weight is 340 g/mol. The van der Waals surface area contributed by atoms with Crippen molar-refractivity contribution in [3.05, 3.63) is 75.9 Å². The fourth-order valence-corrected chi connectivity index (χ4v) is 4.39. The largest absolute Gasteiger partial charge is 0.242 e. The van der Waals surface area contributed by atoms with E-state index in [0.717, 1.165) is 0 Å². The number of thioether (sulfide) groups is 2. The Kier molecular flexibility index (Phi) is 6.10. The topological polar surface area (TPSA) is 0 Å². The molecule has 0 bridgehead atoms. The zero-order valence-electron chi connectivity index (χ0n) is 14.7. The summed E-state index contributed by atoms with van der Waals surface area (Å²) >= 11 is 3.66. The molecular weight excluding hydrogens is 315 g/mol. The van der Waals surface area contributed by atoms with Gasteiger partial charge < -0.3 is 0 Å². The van der Waals surface area contributed by atoms with Crippen LogP contribution in [0.25, 0.3) is 0 Å². The lowest BCUT2D eigenvalue weighted by atomic mass is 9.39. The number of benzene rings is 1. The number of hydrogen-bond donors (Lipinski definition) is 0. The predicted octanol–water partition coefficient (Wildman–Crippen LogP) is 5.65. The second kappa shape index (κ2) is 7.68. The minimum Gasteiger partial charge on any atom is -0.137 e. The highest BCUT2D eigenvalue weighted by molar-refractivity contribution is 8.03. The summed E-state index contributed by atoms with van der Waals surface area (Å²) in [6.07, 6.45) is 4.52. The van der Waals surface area contributed by atoms with Crippen molar-refractivity contribution in [1.29, 1.82) is 0 Å². The first kappa shape index (κ1) is 18.3. The van der Waals surface area contributed by atoms with Crippen LogP contribution in [0.5, 0.6) is 0 Å². The first-order chi connectivity index (χ1) is 11.0. The molecule has 1 saturated heterocycles. The third-order valence-electron chi connectivity index (χ3n) is 3.96. The van der Waals surface area contributed by atoms with Gasteiger partial charge in [-0.2, -0.15) is 0 Å². The van der Waals surface area contributed by atoms with Crippen LogP contribution in [0.4, 0.5) is 0 Å². The first-order valence-electron chi connectivity index (χ1n) is 8.12. The van der Waals surface area contributed by atoms with Gasteiger partial charge in [0.1, 0.15) is 0 Å². The van der Waals surface area contributed by atoms with Crippen molar-refractivity contribution < 1.29 is 0 Å². The zero-order chi connectivity index (χ0) is 17.0. The van der Waals surface area contributed by atoms with Crippen molar-refractivity contribution in [2.24, 2.45) is 0 Å². The Labute approximate surface area is 150 Å². The van der Waals surface area contributed by atoms with E-state index in [2.05, 4.69) is 73.9 Å². The Balaban J connectivity index is 0.000000924. The van der Waals surface area contributed by atoms with Crippen LogP contribution in [0.1, 0.15) is 27.7 Å². The Morgan fingerprint density at radius 2 is 1.83 bits per heavy atom. The van der Waals surface area contributed by atoms with Crippen LogP contribution >= 0.6 is 23.5 Å². The molecule has 23 heavy (non-hydrogen) atoms. The van der Waals surface area contributed by atoms with Crippen molar-refractivity contribution in [2.75, 3.05) is 6.26 Å². The summed E-state index contributed by atoms with van der Waals surface area (Å²) in [5.74, 6) is 0. The highest BCUT2D eigenvalue weighted by Gasteiger charge is 2.40. The molecule has 0 amide bonds. The third kappa shape index (κ3) is 3.72. The van der Waals surface area contributed by atoms with Crippen LogP contribution in [0, 0.1) is 0 Å². The maximum Gasteiger partial charge on any atom is 0.242 e. The van der Waals surface area contributed by atoms with Crippen LogP contribution in [-0.2, 0) is 0 Å².